The summed E-state index contributed by atoms with van der Waals surface area (Å²) >= 11 is 0. The molecule has 0 aliphatic carbocycles. The Morgan fingerprint density at radius 2 is 2.26 bits per heavy atom. The Morgan fingerprint density at radius 3 is 2.96 bits per heavy atom. The van der Waals surface area contributed by atoms with Gasteiger partial charge >= 0.3 is 0 Å². The smallest absolute Gasteiger partial charge is 0.227 e. The molecule has 3 heterocycles. The Balaban J connectivity index is 1.62. The molecule has 1 aliphatic heterocycles. The number of carbonyl (C=O) groups excluding carboxylic acids is 1. The molecule has 1 aliphatic rings. The molecule has 0 unspecified atom stereocenters. The van der Waals surface area contributed by atoms with E-state index in [4.69, 9.17) is 4.42 Å². The topological polar surface area (TPSA) is 49.6 Å². The number of hydrogen-bond acceptors (Lipinski definition) is 4. The van der Waals surface area contributed by atoms with Gasteiger partial charge in [-0.25, -0.2) is 4.98 Å². The van der Waals surface area contributed by atoms with E-state index in [1.807, 2.05) is 44.3 Å². The molecule has 1 saturated heterocycles. The minimum atomic E-state index is 0.0202. The van der Waals surface area contributed by atoms with E-state index in [2.05, 4.69) is 9.88 Å². The summed E-state index contributed by atoms with van der Waals surface area (Å²) in [7, 11) is 1.85. The summed E-state index contributed by atoms with van der Waals surface area (Å²) in [5, 5.41) is 0. The van der Waals surface area contributed by atoms with E-state index in [-0.39, 0.29) is 11.8 Å². The van der Waals surface area contributed by atoms with Gasteiger partial charge in [0.25, 0.3) is 0 Å². The molecular formula is C18H23N3O2. The fraction of sp³-hybridized carbons (Fsp3) is 0.444. The van der Waals surface area contributed by atoms with Crippen molar-refractivity contribution in [2.24, 2.45) is 5.92 Å². The van der Waals surface area contributed by atoms with E-state index in [1.54, 1.807) is 11.1 Å². The molecule has 5 heteroatoms. The summed E-state index contributed by atoms with van der Waals surface area (Å²) in [5.41, 5.74) is 0. The zero-order chi connectivity index (χ0) is 16.2. The third-order valence-corrected chi connectivity index (χ3v) is 4.31. The Morgan fingerprint density at radius 1 is 1.39 bits per heavy atom. The molecule has 23 heavy (non-hydrogen) atoms. The fourth-order valence-corrected chi connectivity index (χ4v) is 3.12. The van der Waals surface area contributed by atoms with Gasteiger partial charge in [0.2, 0.25) is 5.91 Å². The highest BCUT2D eigenvalue weighted by Gasteiger charge is 2.28. The molecule has 0 N–H and O–H groups in total. The number of aromatic nitrogens is 1. The van der Waals surface area contributed by atoms with Crippen LogP contribution in [0.5, 0.6) is 0 Å². The highest BCUT2D eigenvalue weighted by Crippen LogP contribution is 2.23. The van der Waals surface area contributed by atoms with Gasteiger partial charge in [0, 0.05) is 26.3 Å². The molecule has 2 aromatic rings. The molecule has 3 rings (SSSR count). The Kier molecular flexibility index (Phi) is 4.65. The van der Waals surface area contributed by atoms with Crippen molar-refractivity contribution in [2.75, 3.05) is 25.0 Å². The van der Waals surface area contributed by atoms with Crippen LogP contribution in [0.15, 0.2) is 40.9 Å². The van der Waals surface area contributed by atoms with Crippen LogP contribution in [0.25, 0.3) is 0 Å². The number of amides is 1. The zero-order valence-corrected chi connectivity index (χ0v) is 13.7. The zero-order valence-electron chi connectivity index (χ0n) is 13.7. The van der Waals surface area contributed by atoms with Crippen LogP contribution in [0.3, 0.4) is 0 Å². The van der Waals surface area contributed by atoms with Crippen LogP contribution in [-0.2, 0) is 11.3 Å². The molecule has 2 aromatic heterocycles. The Bertz CT molecular complexity index is 653. The summed E-state index contributed by atoms with van der Waals surface area (Å²) in [6.07, 6.45) is 3.75. The number of hydrogen-bond donors (Lipinski definition) is 0. The minimum Gasteiger partial charge on any atom is -0.464 e. The number of aryl methyl sites for hydroxylation is 1. The van der Waals surface area contributed by atoms with E-state index in [9.17, 15) is 4.79 Å². The molecule has 5 nitrogen and oxygen atoms in total. The van der Waals surface area contributed by atoms with Crippen LogP contribution in [0.2, 0.25) is 0 Å². The third-order valence-electron chi connectivity index (χ3n) is 4.31. The quantitative estimate of drug-likeness (QED) is 0.871. The molecule has 122 valence electrons. The van der Waals surface area contributed by atoms with E-state index >= 15 is 0 Å². The van der Waals surface area contributed by atoms with Gasteiger partial charge in [-0.15, -0.1) is 0 Å². The number of rotatable bonds is 4. The molecule has 0 bridgehead atoms. The Labute approximate surface area is 136 Å². The lowest BCUT2D eigenvalue weighted by atomic mass is 9.96. The van der Waals surface area contributed by atoms with Crippen LogP contribution in [-0.4, -0.2) is 35.9 Å². The van der Waals surface area contributed by atoms with Crippen LogP contribution in [0.1, 0.15) is 24.4 Å². The van der Waals surface area contributed by atoms with Crippen molar-refractivity contribution in [2.45, 2.75) is 26.3 Å². The van der Waals surface area contributed by atoms with Crippen molar-refractivity contribution in [3.63, 3.8) is 0 Å². The molecular weight excluding hydrogens is 290 g/mol. The van der Waals surface area contributed by atoms with Gasteiger partial charge in [-0.1, -0.05) is 6.07 Å². The predicted octanol–water partition coefficient (Wildman–Crippen LogP) is 2.86. The summed E-state index contributed by atoms with van der Waals surface area (Å²) < 4.78 is 5.57. The summed E-state index contributed by atoms with van der Waals surface area (Å²) in [6.45, 7) is 4.13. The molecule has 0 saturated carbocycles. The molecule has 1 atom stereocenters. The van der Waals surface area contributed by atoms with E-state index in [0.717, 1.165) is 43.3 Å². The van der Waals surface area contributed by atoms with Crippen LogP contribution >= 0.6 is 0 Å². The maximum atomic E-state index is 12.7. The average molecular weight is 313 g/mol. The molecule has 1 amide bonds. The molecule has 1 fully saturated rings. The van der Waals surface area contributed by atoms with Gasteiger partial charge in [0.1, 0.15) is 17.3 Å². The monoisotopic (exact) mass is 313 g/mol. The second-order valence-electron chi connectivity index (χ2n) is 6.18. The van der Waals surface area contributed by atoms with Gasteiger partial charge in [-0.05, 0) is 44.0 Å². The van der Waals surface area contributed by atoms with Crippen LogP contribution in [0.4, 0.5) is 5.82 Å². The summed E-state index contributed by atoms with van der Waals surface area (Å²) in [6, 6.07) is 9.76. The van der Waals surface area contributed by atoms with E-state index in [0.29, 0.717) is 6.54 Å². The SMILES string of the molecule is Cc1ccc(CN(C)C(=O)[C@@H]2CCCN(c3ccccn3)C2)o1. The number of nitrogens with zero attached hydrogens (tertiary/aromatic N) is 3. The largest absolute Gasteiger partial charge is 0.464 e. The highest BCUT2D eigenvalue weighted by atomic mass is 16.3. The van der Waals surface area contributed by atoms with Crippen molar-refractivity contribution >= 4 is 11.7 Å². The Hall–Kier alpha value is -2.30. The van der Waals surface area contributed by atoms with E-state index < -0.39 is 0 Å². The van der Waals surface area contributed by atoms with Crippen molar-refractivity contribution in [1.29, 1.82) is 0 Å². The number of anilines is 1. The highest BCUT2D eigenvalue weighted by molar-refractivity contribution is 5.79. The third kappa shape index (κ3) is 3.73. The second-order valence-corrected chi connectivity index (χ2v) is 6.18. The normalized spacial score (nSPS) is 18.0. The minimum absolute atomic E-state index is 0.0202. The molecule has 0 aromatic carbocycles. The first-order valence-electron chi connectivity index (χ1n) is 8.10. The van der Waals surface area contributed by atoms with Gasteiger partial charge in [0.15, 0.2) is 0 Å². The molecule has 0 radical (unpaired) electrons. The van der Waals surface area contributed by atoms with E-state index in [1.165, 1.54) is 0 Å². The first kappa shape index (κ1) is 15.6. The number of furan rings is 1. The van der Waals surface area contributed by atoms with Crippen LogP contribution < -0.4 is 4.90 Å². The van der Waals surface area contributed by atoms with Crippen LogP contribution in [0, 0.1) is 12.8 Å². The lowest BCUT2D eigenvalue weighted by molar-refractivity contribution is -0.135. The second kappa shape index (κ2) is 6.86. The van der Waals surface area contributed by atoms with Crippen molar-refractivity contribution in [1.82, 2.24) is 9.88 Å². The standard InChI is InChI=1S/C18H23N3O2/c1-14-8-9-16(23-14)13-20(2)18(22)15-6-5-11-21(12-15)17-7-3-4-10-19-17/h3-4,7-10,15H,5-6,11-13H2,1-2H3/t15-/m1/s1. The number of carbonyl (C=O) groups is 1. The van der Waals surface area contributed by atoms with Crippen molar-refractivity contribution in [3.05, 3.63) is 48.0 Å². The first-order valence-corrected chi connectivity index (χ1v) is 8.10. The maximum Gasteiger partial charge on any atom is 0.227 e. The lowest BCUT2D eigenvalue weighted by Gasteiger charge is -2.34. The van der Waals surface area contributed by atoms with Gasteiger partial charge in [-0.2, -0.15) is 0 Å². The van der Waals surface area contributed by atoms with Crippen molar-refractivity contribution < 1.29 is 9.21 Å². The van der Waals surface area contributed by atoms with Gasteiger partial charge < -0.3 is 14.2 Å². The number of piperidine rings is 1. The number of pyridine rings is 1. The summed E-state index contributed by atoms with van der Waals surface area (Å²) in [4.78, 5) is 21.1. The fourth-order valence-electron chi connectivity index (χ4n) is 3.12. The first-order chi connectivity index (χ1) is 11.1. The predicted molar refractivity (Wildman–Crippen MR) is 89.1 cm³/mol. The maximum absolute atomic E-state index is 12.7. The van der Waals surface area contributed by atoms with Gasteiger partial charge in [-0.3, -0.25) is 4.79 Å². The van der Waals surface area contributed by atoms with Gasteiger partial charge in [0.05, 0.1) is 12.5 Å². The molecule has 0 spiro atoms. The average Bonchev–Trinajstić information content (AvgIpc) is 3.00. The summed E-state index contributed by atoms with van der Waals surface area (Å²) in [5.74, 6) is 2.86. The van der Waals surface area contributed by atoms with Crippen molar-refractivity contribution in [3.8, 4) is 0 Å². The lowest BCUT2D eigenvalue weighted by Crippen LogP contribution is -2.43.